The van der Waals surface area contributed by atoms with Crippen LogP contribution < -0.4 is 10.3 Å². The molecule has 1 atom stereocenters. The van der Waals surface area contributed by atoms with E-state index >= 15 is 0 Å². The predicted molar refractivity (Wildman–Crippen MR) is 98.8 cm³/mol. The number of carbonyl (C=O) groups excluding carboxylic acids is 1. The van der Waals surface area contributed by atoms with Gasteiger partial charge in [-0.3, -0.25) is 9.59 Å². The van der Waals surface area contributed by atoms with Gasteiger partial charge < -0.3 is 19.6 Å². The van der Waals surface area contributed by atoms with E-state index in [4.69, 9.17) is 9.47 Å². The van der Waals surface area contributed by atoms with Gasteiger partial charge in [0.05, 0.1) is 24.7 Å². The van der Waals surface area contributed by atoms with Crippen molar-refractivity contribution < 1.29 is 19.4 Å². The van der Waals surface area contributed by atoms with Crippen molar-refractivity contribution in [2.75, 3.05) is 6.61 Å². The Morgan fingerprint density at radius 2 is 1.88 bits per heavy atom. The van der Waals surface area contributed by atoms with Crippen molar-refractivity contribution in [3.8, 4) is 11.5 Å². The lowest BCUT2D eigenvalue weighted by molar-refractivity contribution is -0.143. The molecule has 1 aromatic carbocycles. The topological polar surface area (TPSA) is 88.6 Å². The molecule has 1 unspecified atom stereocenters. The lowest BCUT2D eigenvalue weighted by Crippen LogP contribution is -2.21. The Hall–Kier alpha value is -2.76. The van der Waals surface area contributed by atoms with Crippen molar-refractivity contribution >= 4 is 5.97 Å². The van der Waals surface area contributed by atoms with Crippen LogP contribution in [0, 0.1) is 6.92 Å². The molecule has 6 heteroatoms. The lowest BCUT2D eigenvalue weighted by atomic mass is 9.88. The molecule has 6 nitrogen and oxygen atoms in total. The number of aryl methyl sites for hydroxylation is 1. The number of ether oxygens (including phenoxy) is 2. The summed E-state index contributed by atoms with van der Waals surface area (Å²) >= 11 is 0. The third-order valence-corrected chi connectivity index (χ3v) is 3.86. The summed E-state index contributed by atoms with van der Waals surface area (Å²) < 4.78 is 10.7. The SMILES string of the molecule is CCOC(=O)CC(c1ccc(OC(C)C)cc1)c1c(O)cc(C)[nH]c1=O. The summed E-state index contributed by atoms with van der Waals surface area (Å²) in [6, 6.07) is 8.63. The molecule has 0 spiro atoms. The van der Waals surface area contributed by atoms with Gasteiger partial charge in [0, 0.05) is 11.6 Å². The molecule has 0 aliphatic heterocycles. The van der Waals surface area contributed by atoms with Crippen molar-refractivity contribution in [1.29, 1.82) is 0 Å². The highest BCUT2D eigenvalue weighted by atomic mass is 16.5. The number of hydrogen-bond acceptors (Lipinski definition) is 5. The van der Waals surface area contributed by atoms with Gasteiger partial charge in [0.25, 0.3) is 5.56 Å². The van der Waals surface area contributed by atoms with Crippen LogP contribution in [0.15, 0.2) is 35.1 Å². The molecule has 2 N–H and O–H groups in total. The first-order valence-corrected chi connectivity index (χ1v) is 8.66. The summed E-state index contributed by atoms with van der Waals surface area (Å²) in [5.74, 6) is -0.491. The number of aromatic nitrogens is 1. The minimum absolute atomic E-state index is 0.0418. The normalized spacial score (nSPS) is 12.0. The fourth-order valence-electron chi connectivity index (χ4n) is 2.84. The van der Waals surface area contributed by atoms with Gasteiger partial charge in [0.1, 0.15) is 11.5 Å². The summed E-state index contributed by atoms with van der Waals surface area (Å²) in [6.45, 7) is 7.52. The smallest absolute Gasteiger partial charge is 0.306 e. The van der Waals surface area contributed by atoms with Crippen LogP contribution in [0.4, 0.5) is 0 Å². The van der Waals surface area contributed by atoms with E-state index in [1.54, 1.807) is 38.1 Å². The van der Waals surface area contributed by atoms with E-state index in [1.165, 1.54) is 6.07 Å². The van der Waals surface area contributed by atoms with Gasteiger partial charge in [-0.1, -0.05) is 12.1 Å². The Morgan fingerprint density at radius 3 is 2.42 bits per heavy atom. The number of carbonyl (C=O) groups is 1. The van der Waals surface area contributed by atoms with Gasteiger partial charge in [-0.15, -0.1) is 0 Å². The summed E-state index contributed by atoms with van der Waals surface area (Å²) in [6.07, 6.45) is -0.00190. The third kappa shape index (κ3) is 4.88. The number of aromatic amines is 1. The number of nitrogens with one attached hydrogen (secondary N) is 1. The lowest BCUT2D eigenvalue weighted by Gasteiger charge is -2.18. The molecule has 0 saturated carbocycles. The quantitative estimate of drug-likeness (QED) is 0.741. The largest absolute Gasteiger partial charge is 0.507 e. The van der Waals surface area contributed by atoms with Crippen LogP contribution in [0.3, 0.4) is 0 Å². The van der Waals surface area contributed by atoms with Crippen LogP contribution in [-0.2, 0) is 9.53 Å². The highest BCUT2D eigenvalue weighted by Crippen LogP contribution is 2.33. The van der Waals surface area contributed by atoms with Crippen molar-refractivity contribution in [2.24, 2.45) is 0 Å². The van der Waals surface area contributed by atoms with Gasteiger partial charge in [-0.2, -0.15) is 0 Å². The average Bonchev–Trinajstić information content (AvgIpc) is 2.53. The number of benzene rings is 1. The average molecular weight is 359 g/mol. The van der Waals surface area contributed by atoms with Crippen LogP contribution in [-0.4, -0.2) is 28.8 Å². The minimum atomic E-state index is -0.619. The van der Waals surface area contributed by atoms with Crippen LogP contribution in [0.25, 0.3) is 0 Å². The standard InChI is InChI=1S/C20H25NO5/c1-5-25-18(23)11-16(19-17(22)10-13(4)21-20(19)24)14-6-8-15(9-7-14)26-12(2)3/h6-10,12,16H,5,11H2,1-4H3,(H2,21,22,24). The Morgan fingerprint density at radius 1 is 1.23 bits per heavy atom. The maximum absolute atomic E-state index is 12.4. The first kappa shape index (κ1) is 19.6. The monoisotopic (exact) mass is 359 g/mol. The molecule has 26 heavy (non-hydrogen) atoms. The number of rotatable bonds is 7. The van der Waals surface area contributed by atoms with Gasteiger partial charge in [0.2, 0.25) is 0 Å². The van der Waals surface area contributed by atoms with Crippen LogP contribution in [0.2, 0.25) is 0 Å². The first-order chi connectivity index (χ1) is 12.3. The highest BCUT2D eigenvalue weighted by molar-refractivity contribution is 5.71. The van der Waals surface area contributed by atoms with E-state index in [0.29, 0.717) is 11.4 Å². The van der Waals surface area contributed by atoms with Crippen LogP contribution in [0.1, 0.15) is 49.9 Å². The summed E-state index contributed by atoms with van der Waals surface area (Å²) in [5.41, 5.74) is 1.01. The zero-order valence-corrected chi connectivity index (χ0v) is 15.5. The van der Waals surface area contributed by atoms with Crippen LogP contribution in [0.5, 0.6) is 11.5 Å². The number of hydrogen-bond donors (Lipinski definition) is 2. The number of H-pyrrole nitrogens is 1. The molecule has 0 bridgehead atoms. The molecule has 1 heterocycles. The highest BCUT2D eigenvalue weighted by Gasteiger charge is 2.25. The molecule has 0 saturated heterocycles. The fraction of sp³-hybridized carbons (Fsp3) is 0.400. The number of pyridine rings is 1. The van der Waals surface area contributed by atoms with Gasteiger partial charge >= 0.3 is 5.97 Å². The molecule has 0 aliphatic carbocycles. The third-order valence-electron chi connectivity index (χ3n) is 3.86. The van der Waals surface area contributed by atoms with Crippen molar-refractivity contribution in [3.05, 3.63) is 57.5 Å². The fourth-order valence-corrected chi connectivity index (χ4v) is 2.84. The molecule has 140 valence electrons. The maximum Gasteiger partial charge on any atom is 0.306 e. The molecule has 2 rings (SSSR count). The van der Waals surface area contributed by atoms with E-state index < -0.39 is 17.4 Å². The Balaban J connectivity index is 2.45. The van der Waals surface area contributed by atoms with E-state index in [9.17, 15) is 14.7 Å². The maximum atomic E-state index is 12.4. The molecule has 0 amide bonds. The van der Waals surface area contributed by atoms with Crippen molar-refractivity contribution in [1.82, 2.24) is 4.98 Å². The second-order valence-electron chi connectivity index (χ2n) is 6.38. The van der Waals surface area contributed by atoms with Gasteiger partial charge in [-0.05, 0) is 51.5 Å². The molecular formula is C20H25NO5. The molecule has 0 radical (unpaired) electrons. The van der Waals surface area contributed by atoms with E-state index in [1.807, 2.05) is 13.8 Å². The minimum Gasteiger partial charge on any atom is -0.507 e. The van der Waals surface area contributed by atoms with E-state index in [-0.39, 0.29) is 30.4 Å². The van der Waals surface area contributed by atoms with E-state index in [2.05, 4.69) is 4.98 Å². The molecule has 0 aliphatic rings. The molecular weight excluding hydrogens is 334 g/mol. The summed E-state index contributed by atoms with van der Waals surface area (Å²) in [4.78, 5) is 27.2. The number of esters is 1. The Kier molecular flexibility index (Phi) is 6.44. The molecule has 2 aromatic rings. The second kappa shape index (κ2) is 8.56. The summed E-state index contributed by atoms with van der Waals surface area (Å²) in [7, 11) is 0. The van der Waals surface area contributed by atoms with Crippen molar-refractivity contribution in [2.45, 2.75) is 46.1 Å². The second-order valence-corrected chi connectivity index (χ2v) is 6.38. The van der Waals surface area contributed by atoms with E-state index in [0.717, 1.165) is 5.56 Å². The van der Waals surface area contributed by atoms with Gasteiger partial charge in [0.15, 0.2) is 0 Å². The van der Waals surface area contributed by atoms with Crippen LogP contribution >= 0.6 is 0 Å². The number of aromatic hydroxyl groups is 1. The zero-order chi connectivity index (χ0) is 19.3. The summed E-state index contributed by atoms with van der Waals surface area (Å²) in [5, 5.41) is 10.3. The Labute approximate surface area is 152 Å². The predicted octanol–water partition coefficient (Wildman–Crippen LogP) is 3.26. The zero-order valence-electron chi connectivity index (χ0n) is 15.5. The molecule has 0 fully saturated rings. The van der Waals surface area contributed by atoms with Crippen molar-refractivity contribution in [3.63, 3.8) is 0 Å². The first-order valence-electron chi connectivity index (χ1n) is 8.66. The Bertz CT molecular complexity index is 808. The van der Waals surface area contributed by atoms with Gasteiger partial charge in [-0.25, -0.2) is 0 Å². The molecule has 1 aromatic heterocycles.